The minimum absolute atomic E-state index is 0.0576. The lowest BCUT2D eigenvalue weighted by molar-refractivity contribution is 0.0995. The SMILES string of the molecule is COc1cnc(C(N)=O)c(-c2c(F)cncc2F)c1OC1CCCC1. The van der Waals surface area contributed by atoms with E-state index in [2.05, 4.69) is 9.97 Å². The summed E-state index contributed by atoms with van der Waals surface area (Å²) in [6, 6.07) is 0. The highest BCUT2D eigenvalue weighted by molar-refractivity contribution is 6.00. The number of methoxy groups -OCH3 is 1. The maximum Gasteiger partial charge on any atom is 0.268 e. The number of hydrogen-bond acceptors (Lipinski definition) is 5. The first-order chi connectivity index (χ1) is 12.0. The van der Waals surface area contributed by atoms with E-state index in [-0.39, 0.29) is 28.9 Å². The second-order valence-corrected chi connectivity index (χ2v) is 5.75. The Kier molecular flexibility index (Phi) is 4.78. The monoisotopic (exact) mass is 349 g/mol. The van der Waals surface area contributed by atoms with Crippen LogP contribution >= 0.6 is 0 Å². The molecule has 0 atom stereocenters. The van der Waals surface area contributed by atoms with Crippen LogP contribution in [0.3, 0.4) is 0 Å². The van der Waals surface area contributed by atoms with Gasteiger partial charge >= 0.3 is 0 Å². The van der Waals surface area contributed by atoms with Gasteiger partial charge in [-0.05, 0) is 25.7 Å². The van der Waals surface area contributed by atoms with E-state index in [1.807, 2.05) is 0 Å². The quantitative estimate of drug-likeness (QED) is 0.897. The molecule has 1 aliphatic rings. The Morgan fingerprint density at radius 3 is 2.36 bits per heavy atom. The van der Waals surface area contributed by atoms with E-state index in [9.17, 15) is 13.6 Å². The van der Waals surface area contributed by atoms with Gasteiger partial charge in [0.15, 0.2) is 23.1 Å². The lowest BCUT2D eigenvalue weighted by Crippen LogP contribution is -2.19. The second kappa shape index (κ2) is 7.00. The molecule has 1 fully saturated rings. The van der Waals surface area contributed by atoms with Crippen LogP contribution in [0.5, 0.6) is 11.5 Å². The highest BCUT2D eigenvalue weighted by Gasteiger charge is 2.29. The molecule has 1 saturated carbocycles. The van der Waals surface area contributed by atoms with Gasteiger partial charge in [0.2, 0.25) is 0 Å². The molecular weight excluding hydrogens is 332 g/mol. The number of halogens is 2. The molecule has 6 nitrogen and oxygen atoms in total. The third kappa shape index (κ3) is 3.24. The first-order valence-corrected chi connectivity index (χ1v) is 7.85. The fourth-order valence-electron chi connectivity index (χ4n) is 2.98. The molecule has 8 heteroatoms. The number of pyridine rings is 2. The molecule has 0 aromatic carbocycles. The molecule has 0 spiro atoms. The first kappa shape index (κ1) is 17.1. The van der Waals surface area contributed by atoms with E-state index >= 15 is 0 Å². The number of amides is 1. The standard InChI is InChI=1S/C17H17F2N3O3/c1-24-12-8-22-15(17(20)23)14(13-10(18)6-21-7-11(13)19)16(12)25-9-4-2-3-5-9/h6-9H,2-5H2,1H3,(H2,20,23). The number of nitrogens with two attached hydrogens (primary N) is 1. The van der Waals surface area contributed by atoms with Gasteiger partial charge in [-0.25, -0.2) is 13.8 Å². The van der Waals surface area contributed by atoms with Gasteiger partial charge in [-0.1, -0.05) is 0 Å². The molecule has 25 heavy (non-hydrogen) atoms. The lowest BCUT2D eigenvalue weighted by Gasteiger charge is -2.20. The molecule has 0 unspecified atom stereocenters. The van der Waals surface area contributed by atoms with Gasteiger partial charge in [-0.3, -0.25) is 9.78 Å². The second-order valence-electron chi connectivity index (χ2n) is 5.75. The summed E-state index contributed by atoms with van der Waals surface area (Å²) >= 11 is 0. The molecule has 132 valence electrons. The van der Waals surface area contributed by atoms with E-state index in [4.69, 9.17) is 15.2 Å². The van der Waals surface area contributed by atoms with Gasteiger partial charge in [0.25, 0.3) is 5.91 Å². The zero-order valence-corrected chi connectivity index (χ0v) is 13.6. The maximum atomic E-state index is 14.3. The van der Waals surface area contributed by atoms with Crippen molar-refractivity contribution in [2.24, 2.45) is 5.73 Å². The van der Waals surface area contributed by atoms with Crippen LogP contribution in [0.2, 0.25) is 0 Å². The number of carbonyl (C=O) groups is 1. The Bertz CT molecular complexity index is 788. The molecule has 0 saturated heterocycles. The van der Waals surface area contributed by atoms with Gasteiger partial charge in [0.1, 0.15) is 5.69 Å². The fourth-order valence-corrected chi connectivity index (χ4v) is 2.98. The molecule has 3 rings (SSSR count). The fraction of sp³-hybridized carbons (Fsp3) is 0.353. The van der Waals surface area contributed by atoms with Gasteiger partial charge in [-0.2, -0.15) is 0 Å². The summed E-state index contributed by atoms with van der Waals surface area (Å²) in [7, 11) is 1.38. The van der Waals surface area contributed by atoms with E-state index in [1.54, 1.807) is 0 Å². The first-order valence-electron chi connectivity index (χ1n) is 7.85. The summed E-state index contributed by atoms with van der Waals surface area (Å²) in [5.74, 6) is -2.60. The largest absolute Gasteiger partial charge is 0.491 e. The zero-order chi connectivity index (χ0) is 18.0. The molecule has 1 aliphatic carbocycles. The van der Waals surface area contributed by atoms with Crippen molar-refractivity contribution >= 4 is 5.91 Å². The van der Waals surface area contributed by atoms with Crippen molar-refractivity contribution < 1.29 is 23.0 Å². The number of ether oxygens (including phenoxy) is 2. The van der Waals surface area contributed by atoms with Gasteiger partial charge in [0.05, 0.1) is 42.9 Å². The van der Waals surface area contributed by atoms with Crippen LogP contribution in [0, 0.1) is 11.6 Å². The number of primary amides is 1. The predicted octanol–water partition coefficient (Wildman–Crippen LogP) is 2.85. The van der Waals surface area contributed by atoms with Crippen LogP contribution in [0.1, 0.15) is 36.2 Å². The van der Waals surface area contributed by atoms with Crippen LogP contribution in [0.15, 0.2) is 18.6 Å². The van der Waals surface area contributed by atoms with E-state index < -0.39 is 23.1 Å². The Balaban J connectivity index is 2.26. The van der Waals surface area contributed by atoms with Crippen molar-refractivity contribution in [2.75, 3.05) is 7.11 Å². The number of aromatic nitrogens is 2. The third-order valence-electron chi connectivity index (χ3n) is 4.14. The molecular formula is C17H17F2N3O3. The number of hydrogen-bond donors (Lipinski definition) is 1. The van der Waals surface area contributed by atoms with Crippen LogP contribution in [-0.4, -0.2) is 29.1 Å². The van der Waals surface area contributed by atoms with Crippen molar-refractivity contribution in [3.63, 3.8) is 0 Å². The zero-order valence-electron chi connectivity index (χ0n) is 13.6. The normalized spacial score (nSPS) is 14.5. The molecule has 0 aliphatic heterocycles. The smallest absolute Gasteiger partial charge is 0.268 e. The van der Waals surface area contributed by atoms with Crippen LogP contribution in [0.25, 0.3) is 11.1 Å². The van der Waals surface area contributed by atoms with Gasteiger partial charge in [-0.15, -0.1) is 0 Å². The van der Waals surface area contributed by atoms with Gasteiger partial charge < -0.3 is 15.2 Å². The Hall–Kier alpha value is -2.77. The minimum atomic E-state index is -0.950. The Morgan fingerprint density at radius 1 is 1.16 bits per heavy atom. The minimum Gasteiger partial charge on any atom is -0.491 e. The molecule has 0 radical (unpaired) electrons. The molecule has 0 bridgehead atoms. The Labute approximate surface area is 143 Å². The summed E-state index contributed by atoms with van der Waals surface area (Å²) in [6.45, 7) is 0. The van der Waals surface area contributed by atoms with Gasteiger partial charge in [0, 0.05) is 0 Å². The average Bonchev–Trinajstić information content (AvgIpc) is 3.08. The van der Waals surface area contributed by atoms with E-state index in [1.165, 1.54) is 13.3 Å². The highest BCUT2D eigenvalue weighted by Crippen LogP contribution is 2.43. The number of rotatable bonds is 5. The van der Waals surface area contributed by atoms with Crippen molar-refractivity contribution in [3.05, 3.63) is 35.9 Å². The molecule has 2 heterocycles. The summed E-state index contributed by atoms with van der Waals surface area (Å²) in [5.41, 5.74) is 4.44. The summed E-state index contributed by atoms with van der Waals surface area (Å²) in [6.07, 6.45) is 6.41. The van der Waals surface area contributed by atoms with Crippen molar-refractivity contribution in [1.29, 1.82) is 0 Å². The topological polar surface area (TPSA) is 87.3 Å². The third-order valence-corrected chi connectivity index (χ3v) is 4.14. The van der Waals surface area contributed by atoms with E-state index in [0.717, 1.165) is 38.1 Å². The predicted molar refractivity (Wildman–Crippen MR) is 85.3 cm³/mol. The van der Waals surface area contributed by atoms with Crippen molar-refractivity contribution in [1.82, 2.24) is 9.97 Å². The van der Waals surface area contributed by atoms with Crippen molar-refractivity contribution in [3.8, 4) is 22.6 Å². The summed E-state index contributed by atoms with van der Waals surface area (Å²) in [4.78, 5) is 19.2. The average molecular weight is 349 g/mol. The molecule has 2 N–H and O–H groups in total. The maximum absolute atomic E-state index is 14.3. The van der Waals surface area contributed by atoms with E-state index in [0.29, 0.717) is 0 Å². The number of nitrogens with zero attached hydrogens (tertiary/aromatic N) is 2. The molecule has 1 amide bonds. The molecule has 2 aromatic heterocycles. The highest BCUT2D eigenvalue weighted by atomic mass is 19.1. The van der Waals surface area contributed by atoms with Crippen LogP contribution in [0.4, 0.5) is 8.78 Å². The van der Waals surface area contributed by atoms with Crippen LogP contribution in [-0.2, 0) is 0 Å². The Morgan fingerprint density at radius 2 is 1.80 bits per heavy atom. The number of carbonyl (C=O) groups excluding carboxylic acids is 1. The van der Waals surface area contributed by atoms with Crippen molar-refractivity contribution in [2.45, 2.75) is 31.8 Å². The van der Waals surface area contributed by atoms with Crippen LogP contribution < -0.4 is 15.2 Å². The summed E-state index contributed by atoms with van der Waals surface area (Å²) in [5, 5.41) is 0. The lowest BCUT2D eigenvalue weighted by atomic mass is 10.0. The molecule has 2 aromatic rings. The summed E-state index contributed by atoms with van der Waals surface area (Å²) < 4.78 is 39.8.